The smallest absolute Gasteiger partial charge is 0.274 e. The van der Waals surface area contributed by atoms with Crippen molar-refractivity contribution in [1.29, 1.82) is 0 Å². The van der Waals surface area contributed by atoms with Crippen LogP contribution in [0.15, 0.2) is 18.3 Å². The topological polar surface area (TPSA) is 76.5 Å². The van der Waals surface area contributed by atoms with Gasteiger partial charge in [-0.3, -0.25) is 14.3 Å². The Labute approximate surface area is 150 Å². The molecule has 8 heteroatoms. The molecule has 3 rings (SSSR count). The molecule has 1 aliphatic rings. The summed E-state index contributed by atoms with van der Waals surface area (Å²) < 4.78 is 6.83. The zero-order valence-corrected chi connectivity index (χ0v) is 15.4. The highest BCUT2D eigenvalue weighted by atomic mass is 32.1. The second kappa shape index (κ2) is 7.37. The lowest BCUT2D eigenvalue weighted by Gasteiger charge is -2.26. The summed E-state index contributed by atoms with van der Waals surface area (Å²) in [6, 6.07) is 3.54. The van der Waals surface area contributed by atoms with Gasteiger partial charge in [-0.05, 0) is 18.1 Å². The van der Waals surface area contributed by atoms with E-state index >= 15 is 0 Å². The van der Waals surface area contributed by atoms with Crippen molar-refractivity contribution in [2.24, 2.45) is 7.05 Å². The number of rotatable bonds is 4. The van der Waals surface area contributed by atoms with Crippen LogP contribution in [0, 0.1) is 0 Å². The quantitative estimate of drug-likeness (QED) is 0.906. The van der Waals surface area contributed by atoms with Crippen molar-refractivity contribution in [3.8, 4) is 0 Å². The number of hydrogen-bond acceptors (Lipinski definition) is 5. The molecule has 0 aliphatic carbocycles. The Morgan fingerprint density at radius 2 is 2.04 bits per heavy atom. The lowest BCUT2D eigenvalue weighted by atomic mass is 10.1. The maximum Gasteiger partial charge on any atom is 0.274 e. The predicted octanol–water partition coefficient (Wildman–Crippen LogP) is 2.33. The van der Waals surface area contributed by atoms with Gasteiger partial charge >= 0.3 is 0 Å². The van der Waals surface area contributed by atoms with Crippen LogP contribution in [0.25, 0.3) is 0 Å². The molecular weight excluding hydrogens is 340 g/mol. The summed E-state index contributed by atoms with van der Waals surface area (Å²) in [4.78, 5) is 28.3. The number of amides is 2. The van der Waals surface area contributed by atoms with Crippen LogP contribution in [-0.4, -0.2) is 52.8 Å². The van der Waals surface area contributed by atoms with Crippen LogP contribution < -0.4 is 5.32 Å². The van der Waals surface area contributed by atoms with Gasteiger partial charge in [0.2, 0.25) is 0 Å². The van der Waals surface area contributed by atoms with Crippen LogP contribution >= 0.6 is 11.3 Å². The van der Waals surface area contributed by atoms with E-state index in [0.717, 1.165) is 4.88 Å². The van der Waals surface area contributed by atoms with E-state index in [1.165, 1.54) is 16.0 Å². The molecular formula is C17H22N4O3S. The summed E-state index contributed by atoms with van der Waals surface area (Å²) >= 11 is 1.45. The van der Waals surface area contributed by atoms with Crippen LogP contribution in [0.3, 0.4) is 0 Å². The number of aromatic nitrogens is 2. The number of anilines is 1. The van der Waals surface area contributed by atoms with Gasteiger partial charge in [0.05, 0.1) is 18.8 Å². The molecule has 1 saturated heterocycles. The van der Waals surface area contributed by atoms with Crippen molar-refractivity contribution in [3.05, 3.63) is 34.5 Å². The summed E-state index contributed by atoms with van der Waals surface area (Å²) in [6.45, 7) is 6.37. The van der Waals surface area contributed by atoms with E-state index in [2.05, 4.69) is 24.3 Å². The fourth-order valence-corrected chi connectivity index (χ4v) is 3.70. The Balaban J connectivity index is 1.88. The zero-order valence-electron chi connectivity index (χ0n) is 14.6. The number of aryl methyl sites for hydroxylation is 1. The minimum atomic E-state index is -0.270. The largest absolute Gasteiger partial charge is 0.378 e. The lowest BCUT2D eigenvalue weighted by Crippen LogP contribution is -2.40. The molecule has 0 spiro atoms. The Morgan fingerprint density at radius 3 is 2.64 bits per heavy atom. The first-order valence-corrected chi connectivity index (χ1v) is 9.09. The van der Waals surface area contributed by atoms with Gasteiger partial charge < -0.3 is 15.0 Å². The van der Waals surface area contributed by atoms with E-state index in [1.54, 1.807) is 24.2 Å². The average molecular weight is 362 g/mol. The minimum Gasteiger partial charge on any atom is -0.378 e. The molecule has 134 valence electrons. The van der Waals surface area contributed by atoms with Crippen molar-refractivity contribution >= 4 is 28.2 Å². The van der Waals surface area contributed by atoms with Crippen LogP contribution in [0.1, 0.15) is 45.5 Å². The summed E-state index contributed by atoms with van der Waals surface area (Å²) in [7, 11) is 1.71. The highest BCUT2D eigenvalue weighted by Crippen LogP contribution is 2.34. The number of nitrogens with one attached hydrogen (secondary N) is 1. The molecule has 1 fully saturated rings. The minimum absolute atomic E-state index is 0.0632. The molecule has 3 heterocycles. The number of thiophene rings is 1. The van der Waals surface area contributed by atoms with Gasteiger partial charge in [-0.1, -0.05) is 13.8 Å². The van der Waals surface area contributed by atoms with E-state index in [-0.39, 0.29) is 17.7 Å². The number of carbonyl (C=O) groups is 2. The molecule has 0 unspecified atom stereocenters. The molecule has 25 heavy (non-hydrogen) atoms. The van der Waals surface area contributed by atoms with E-state index in [1.807, 2.05) is 6.07 Å². The maximum absolute atomic E-state index is 12.9. The first-order valence-electron chi connectivity index (χ1n) is 8.27. The van der Waals surface area contributed by atoms with Crippen LogP contribution in [-0.2, 0) is 11.8 Å². The standard InChI is InChI=1S/C17H22N4O3S/c1-11(2)14-10-12(17(23)21-6-8-24-9-7-21)16(25-14)19-15(22)13-4-5-18-20(13)3/h4-5,10-11H,6-9H2,1-3H3,(H,19,22). The zero-order chi connectivity index (χ0) is 18.0. The highest BCUT2D eigenvalue weighted by molar-refractivity contribution is 7.16. The van der Waals surface area contributed by atoms with E-state index in [4.69, 9.17) is 4.74 Å². The van der Waals surface area contributed by atoms with Gasteiger partial charge in [0.15, 0.2) is 0 Å². The monoisotopic (exact) mass is 362 g/mol. The third kappa shape index (κ3) is 3.74. The van der Waals surface area contributed by atoms with Gasteiger partial charge in [-0.2, -0.15) is 5.10 Å². The molecule has 1 aliphatic heterocycles. The summed E-state index contributed by atoms with van der Waals surface area (Å²) in [5.41, 5.74) is 0.996. The van der Waals surface area contributed by atoms with Gasteiger partial charge in [0, 0.05) is 31.2 Å². The van der Waals surface area contributed by atoms with E-state index < -0.39 is 0 Å². The van der Waals surface area contributed by atoms with Gasteiger partial charge in [-0.25, -0.2) is 0 Å². The van der Waals surface area contributed by atoms with Crippen molar-refractivity contribution < 1.29 is 14.3 Å². The first-order chi connectivity index (χ1) is 12.0. The number of ether oxygens (including phenoxy) is 1. The Morgan fingerprint density at radius 1 is 1.32 bits per heavy atom. The molecule has 2 amide bonds. The summed E-state index contributed by atoms with van der Waals surface area (Å²) in [6.07, 6.45) is 1.57. The van der Waals surface area contributed by atoms with Crippen molar-refractivity contribution in [2.75, 3.05) is 31.6 Å². The Kier molecular flexibility index (Phi) is 5.19. The fraction of sp³-hybridized carbons (Fsp3) is 0.471. The second-order valence-electron chi connectivity index (χ2n) is 6.25. The highest BCUT2D eigenvalue weighted by Gasteiger charge is 2.25. The molecule has 0 bridgehead atoms. The van der Waals surface area contributed by atoms with Gasteiger partial charge in [-0.15, -0.1) is 11.3 Å². The van der Waals surface area contributed by atoms with Gasteiger partial charge in [0.25, 0.3) is 11.8 Å². The van der Waals surface area contributed by atoms with Crippen molar-refractivity contribution in [2.45, 2.75) is 19.8 Å². The molecule has 0 atom stereocenters. The molecule has 2 aromatic heterocycles. The lowest BCUT2D eigenvalue weighted by molar-refractivity contribution is 0.0304. The SMILES string of the molecule is CC(C)c1cc(C(=O)N2CCOCC2)c(NC(=O)c2ccnn2C)s1. The van der Waals surface area contributed by atoms with Crippen LogP contribution in [0.5, 0.6) is 0 Å². The summed E-state index contributed by atoms with van der Waals surface area (Å²) in [5.74, 6) is -0.0523. The third-order valence-electron chi connectivity index (χ3n) is 4.13. The summed E-state index contributed by atoms with van der Waals surface area (Å²) in [5, 5.41) is 7.49. The normalized spacial score (nSPS) is 14.8. The average Bonchev–Trinajstić information content (AvgIpc) is 3.21. The molecule has 7 nitrogen and oxygen atoms in total. The van der Waals surface area contributed by atoms with Crippen molar-refractivity contribution in [1.82, 2.24) is 14.7 Å². The fourth-order valence-electron chi connectivity index (χ4n) is 2.65. The molecule has 0 radical (unpaired) electrons. The molecule has 1 N–H and O–H groups in total. The van der Waals surface area contributed by atoms with Crippen LogP contribution in [0.4, 0.5) is 5.00 Å². The molecule has 2 aromatic rings. The second-order valence-corrected chi connectivity index (χ2v) is 7.33. The van der Waals surface area contributed by atoms with E-state index in [9.17, 15) is 9.59 Å². The first kappa shape index (κ1) is 17.6. The predicted molar refractivity (Wildman–Crippen MR) is 96.3 cm³/mol. The molecule has 0 saturated carbocycles. The number of morpholine rings is 1. The van der Waals surface area contributed by atoms with Gasteiger partial charge in [0.1, 0.15) is 10.7 Å². The number of hydrogen-bond donors (Lipinski definition) is 1. The Bertz CT molecular complexity index is 775. The van der Waals surface area contributed by atoms with Crippen LogP contribution in [0.2, 0.25) is 0 Å². The van der Waals surface area contributed by atoms with Crippen molar-refractivity contribution in [3.63, 3.8) is 0 Å². The third-order valence-corrected chi connectivity index (χ3v) is 5.48. The van der Waals surface area contributed by atoms with E-state index in [0.29, 0.717) is 42.6 Å². The molecule has 0 aromatic carbocycles. The number of nitrogens with zero attached hydrogens (tertiary/aromatic N) is 3. The number of carbonyl (C=O) groups excluding carboxylic acids is 2. The Hall–Kier alpha value is -2.19. The maximum atomic E-state index is 12.9.